The fourth-order valence-electron chi connectivity index (χ4n) is 2.76. The second-order valence-electron chi connectivity index (χ2n) is 7.18. The SMILES string of the molecule is CC(C)NC(=O)[C@H](C)N(Cc1c(Cl)cccc1Cl)C(=O)CSCc1ccc(Br)cc1. The highest BCUT2D eigenvalue weighted by molar-refractivity contribution is 9.10. The fraction of sp³-hybridized carbons (Fsp3) is 0.364. The summed E-state index contributed by atoms with van der Waals surface area (Å²) in [5.41, 5.74) is 1.76. The first kappa shape index (κ1) is 25.1. The molecule has 0 aliphatic carbocycles. The van der Waals surface area contributed by atoms with Crippen molar-refractivity contribution in [1.82, 2.24) is 10.2 Å². The largest absolute Gasteiger partial charge is 0.352 e. The summed E-state index contributed by atoms with van der Waals surface area (Å²) in [6, 6.07) is 12.5. The number of hydrogen-bond acceptors (Lipinski definition) is 3. The van der Waals surface area contributed by atoms with Crippen molar-refractivity contribution in [2.24, 2.45) is 0 Å². The molecule has 30 heavy (non-hydrogen) atoms. The average Bonchev–Trinajstić information content (AvgIpc) is 2.68. The van der Waals surface area contributed by atoms with Gasteiger partial charge in [0.05, 0.1) is 5.75 Å². The number of benzene rings is 2. The molecule has 8 heteroatoms. The lowest BCUT2D eigenvalue weighted by Gasteiger charge is -2.30. The van der Waals surface area contributed by atoms with E-state index in [2.05, 4.69) is 21.2 Å². The van der Waals surface area contributed by atoms with Crippen LogP contribution in [0.4, 0.5) is 0 Å². The molecule has 4 nitrogen and oxygen atoms in total. The third kappa shape index (κ3) is 7.49. The third-order valence-electron chi connectivity index (χ3n) is 4.40. The van der Waals surface area contributed by atoms with Crippen LogP contribution < -0.4 is 5.32 Å². The number of thioether (sulfide) groups is 1. The first-order chi connectivity index (χ1) is 14.2. The maximum absolute atomic E-state index is 13.1. The summed E-state index contributed by atoms with van der Waals surface area (Å²) in [4.78, 5) is 27.2. The van der Waals surface area contributed by atoms with E-state index in [0.717, 1.165) is 10.0 Å². The highest BCUT2D eigenvalue weighted by Gasteiger charge is 2.27. The average molecular weight is 532 g/mol. The number of halogens is 3. The molecule has 0 heterocycles. The zero-order chi connectivity index (χ0) is 22.3. The molecule has 0 aliphatic rings. The summed E-state index contributed by atoms with van der Waals surface area (Å²) in [6.45, 7) is 5.66. The van der Waals surface area contributed by atoms with Crippen molar-refractivity contribution >= 4 is 62.7 Å². The van der Waals surface area contributed by atoms with E-state index < -0.39 is 6.04 Å². The van der Waals surface area contributed by atoms with E-state index in [1.54, 1.807) is 30.0 Å². The molecule has 2 amide bonds. The number of nitrogens with one attached hydrogen (secondary N) is 1. The Bertz CT molecular complexity index is 858. The van der Waals surface area contributed by atoms with Crippen LogP contribution in [-0.2, 0) is 21.9 Å². The van der Waals surface area contributed by atoms with Gasteiger partial charge < -0.3 is 10.2 Å². The van der Waals surface area contributed by atoms with E-state index >= 15 is 0 Å². The number of carbonyl (C=O) groups excluding carboxylic acids is 2. The second-order valence-corrected chi connectivity index (χ2v) is 9.90. The van der Waals surface area contributed by atoms with E-state index in [1.807, 2.05) is 38.1 Å². The molecule has 0 saturated carbocycles. The Kier molecular flexibility index (Phi) is 10.0. The monoisotopic (exact) mass is 530 g/mol. The minimum atomic E-state index is -0.652. The highest BCUT2D eigenvalue weighted by Crippen LogP contribution is 2.27. The predicted molar refractivity (Wildman–Crippen MR) is 130 cm³/mol. The molecule has 0 radical (unpaired) electrons. The van der Waals surface area contributed by atoms with Gasteiger partial charge in [0, 0.05) is 38.4 Å². The lowest BCUT2D eigenvalue weighted by Crippen LogP contribution is -2.49. The summed E-state index contributed by atoms with van der Waals surface area (Å²) in [6.07, 6.45) is 0. The normalized spacial score (nSPS) is 12.0. The van der Waals surface area contributed by atoms with Crippen molar-refractivity contribution in [3.05, 3.63) is 68.1 Å². The van der Waals surface area contributed by atoms with Crippen molar-refractivity contribution in [2.75, 3.05) is 5.75 Å². The van der Waals surface area contributed by atoms with E-state index in [-0.39, 0.29) is 30.2 Å². The van der Waals surface area contributed by atoms with Crippen molar-refractivity contribution in [3.8, 4) is 0 Å². The van der Waals surface area contributed by atoms with Gasteiger partial charge in [-0.2, -0.15) is 0 Å². The maximum atomic E-state index is 13.1. The Labute approximate surface area is 200 Å². The van der Waals surface area contributed by atoms with Crippen LogP contribution in [0.15, 0.2) is 46.9 Å². The van der Waals surface area contributed by atoms with Gasteiger partial charge in [0.25, 0.3) is 0 Å². The topological polar surface area (TPSA) is 49.4 Å². The zero-order valence-corrected chi connectivity index (χ0v) is 21.0. The summed E-state index contributed by atoms with van der Waals surface area (Å²) in [5.74, 6) is 0.600. The fourth-order valence-corrected chi connectivity index (χ4v) is 4.41. The van der Waals surface area contributed by atoms with Crippen LogP contribution in [0.5, 0.6) is 0 Å². The van der Waals surface area contributed by atoms with Crippen molar-refractivity contribution in [1.29, 1.82) is 0 Å². The lowest BCUT2D eigenvalue weighted by molar-refractivity contribution is -0.138. The van der Waals surface area contributed by atoms with Gasteiger partial charge in [-0.3, -0.25) is 9.59 Å². The van der Waals surface area contributed by atoms with Crippen molar-refractivity contribution in [2.45, 2.75) is 45.2 Å². The van der Waals surface area contributed by atoms with Gasteiger partial charge in [-0.25, -0.2) is 0 Å². The zero-order valence-electron chi connectivity index (χ0n) is 17.1. The Balaban J connectivity index is 2.13. The number of nitrogens with zero attached hydrogens (tertiary/aromatic N) is 1. The van der Waals surface area contributed by atoms with Crippen LogP contribution in [0, 0.1) is 0 Å². The molecule has 1 atom stereocenters. The molecule has 1 N–H and O–H groups in total. The summed E-state index contributed by atoms with van der Waals surface area (Å²) < 4.78 is 1.01. The standard InChI is InChI=1S/C22H25BrCl2N2O2S/c1-14(2)26-22(29)15(3)27(11-18-19(24)5-4-6-20(18)25)21(28)13-30-12-16-7-9-17(23)10-8-16/h4-10,14-15H,11-13H2,1-3H3,(H,26,29)/t15-/m0/s1. The van der Waals surface area contributed by atoms with Gasteiger partial charge in [0.1, 0.15) is 6.04 Å². The minimum absolute atomic E-state index is 0.0208. The second kappa shape index (κ2) is 12.0. The van der Waals surface area contributed by atoms with Crippen molar-refractivity contribution in [3.63, 3.8) is 0 Å². The van der Waals surface area contributed by atoms with Crippen molar-refractivity contribution < 1.29 is 9.59 Å². The van der Waals surface area contributed by atoms with E-state index in [9.17, 15) is 9.59 Å². The van der Waals surface area contributed by atoms with Crippen LogP contribution in [0.2, 0.25) is 10.0 Å². The molecule has 0 aromatic heterocycles. The number of carbonyl (C=O) groups is 2. The van der Waals surface area contributed by atoms with Crippen LogP contribution in [0.3, 0.4) is 0 Å². The smallest absolute Gasteiger partial charge is 0.242 e. The number of rotatable bonds is 9. The summed E-state index contributed by atoms with van der Waals surface area (Å²) >= 11 is 17.5. The number of hydrogen-bond donors (Lipinski definition) is 1. The molecular formula is C22H25BrCl2N2O2S. The Morgan fingerprint density at radius 3 is 2.23 bits per heavy atom. The Morgan fingerprint density at radius 2 is 1.67 bits per heavy atom. The van der Waals surface area contributed by atoms with Gasteiger partial charge in [-0.1, -0.05) is 57.3 Å². The minimum Gasteiger partial charge on any atom is -0.352 e. The quantitative estimate of drug-likeness (QED) is 0.436. The molecule has 0 bridgehead atoms. The highest BCUT2D eigenvalue weighted by atomic mass is 79.9. The number of amides is 2. The molecule has 2 aromatic carbocycles. The van der Waals surface area contributed by atoms with Crippen LogP contribution in [0.1, 0.15) is 31.9 Å². The van der Waals surface area contributed by atoms with E-state index in [4.69, 9.17) is 23.2 Å². The predicted octanol–water partition coefficient (Wildman–Crippen LogP) is 5.93. The van der Waals surface area contributed by atoms with E-state index in [1.165, 1.54) is 11.8 Å². The van der Waals surface area contributed by atoms with Gasteiger partial charge in [-0.15, -0.1) is 11.8 Å². The molecule has 0 aliphatic heterocycles. The Hall–Kier alpha value is -1.21. The summed E-state index contributed by atoms with van der Waals surface area (Å²) in [7, 11) is 0. The van der Waals surface area contributed by atoms with Gasteiger partial charge in [-0.05, 0) is 50.6 Å². The molecule has 2 aromatic rings. The molecule has 162 valence electrons. The van der Waals surface area contributed by atoms with Gasteiger partial charge in [0.15, 0.2) is 0 Å². The third-order valence-corrected chi connectivity index (χ3v) is 6.62. The van der Waals surface area contributed by atoms with Crippen LogP contribution in [0.25, 0.3) is 0 Å². The first-order valence-corrected chi connectivity index (χ1v) is 12.2. The molecule has 0 saturated heterocycles. The molecule has 0 spiro atoms. The molecular weight excluding hydrogens is 507 g/mol. The van der Waals surface area contributed by atoms with E-state index in [0.29, 0.717) is 21.4 Å². The van der Waals surface area contributed by atoms with Crippen LogP contribution in [-0.4, -0.2) is 34.6 Å². The lowest BCUT2D eigenvalue weighted by atomic mass is 10.1. The van der Waals surface area contributed by atoms with Gasteiger partial charge in [0.2, 0.25) is 11.8 Å². The molecule has 2 rings (SSSR count). The summed E-state index contributed by atoms with van der Waals surface area (Å²) in [5, 5.41) is 3.81. The molecule has 0 unspecified atom stereocenters. The Morgan fingerprint density at radius 1 is 1.07 bits per heavy atom. The molecule has 0 fully saturated rings. The van der Waals surface area contributed by atoms with Gasteiger partial charge >= 0.3 is 0 Å². The first-order valence-electron chi connectivity index (χ1n) is 9.54. The maximum Gasteiger partial charge on any atom is 0.242 e. The van der Waals surface area contributed by atoms with Crippen LogP contribution >= 0.6 is 50.9 Å².